The molecular weight excluding hydrogens is 304 g/mol. The lowest BCUT2D eigenvalue weighted by molar-refractivity contribution is 0.0601. The summed E-state index contributed by atoms with van der Waals surface area (Å²) in [5, 5.41) is 0. The molecule has 0 amide bonds. The monoisotopic (exact) mass is 326 g/mol. The van der Waals surface area contributed by atoms with Crippen LogP contribution < -0.4 is 4.90 Å². The van der Waals surface area contributed by atoms with Crippen molar-refractivity contribution < 1.29 is 9.53 Å². The maximum atomic E-state index is 12.1. The first-order chi connectivity index (χ1) is 11.6. The van der Waals surface area contributed by atoms with Crippen LogP contribution in [0.1, 0.15) is 16.1 Å². The summed E-state index contributed by atoms with van der Waals surface area (Å²) in [6.07, 6.45) is 3.36. The van der Waals surface area contributed by atoms with Crippen LogP contribution in [0, 0.1) is 6.92 Å². The van der Waals surface area contributed by atoms with Crippen LogP contribution in [0.2, 0.25) is 0 Å². The first kappa shape index (κ1) is 16.4. The molecule has 1 aliphatic heterocycles. The van der Waals surface area contributed by atoms with Crippen molar-refractivity contribution in [3.05, 3.63) is 41.9 Å². The number of ether oxygens (including phenoxy) is 1. The first-order valence-electron chi connectivity index (χ1n) is 8.04. The predicted molar refractivity (Wildman–Crippen MR) is 93.3 cm³/mol. The molecule has 1 aliphatic rings. The zero-order valence-corrected chi connectivity index (χ0v) is 14.3. The minimum Gasteiger partial charge on any atom is -0.465 e. The van der Waals surface area contributed by atoms with Crippen LogP contribution >= 0.6 is 0 Å². The summed E-state index contributed by atoms with van der Waals surface area (Å²) in [5.41, 5.74) is 3.08. The van der Waals surface area contributed by atoms with Crippen LogP contribution in [0.15, 0.2) is 30.6 Å². The van der Waals surface area contributed by atoms with Gasteiger partial charge in [0.15, 0.2) is 0 Å². The van der Waals surface area contributed by atoms with Gasteiger partial charge in [0.05, 0.1) is 12.7 Å². The average molecular weight is 326 g/mol. The molecule has 2 aromatic rings. The third-order valence-electron chi connectivity index (χ3n) is 4.42. The van der Waals surface area contributed by atoms with E-state index in [0.717, 1.165) is 48.8 Å². The quantitative estimate of drug-likeness (QED) is 0.804. The maximum Gasteiger partial charge on any atom is 0.340 e. The topological polar surface area (TPSA) is 58.6 Å². The van der Waals surface area contributed by atoms with Crippen LogP contribution in [0.4, 0.5) is 5.82 Å². The fraction of sp³-hybridized carbons (Fsp3) is 0.389. The third kappa shape index (κ3) is 3.23. The zero-order chi connectivity index (χ0) is 17.1. The summed E-state index contributed by atoms with van der Waals surface area (Å²) in [4.78, 5) is 25.5. The number of pyridine rings is 2. The number of aromatic nitrogens is 2. The number of anilines is 1. The minimum absolute atomic E-state index is 0.384. The molecule has 0 unspecified atom stereocenters. The Kier molecular flexibility index (Phi) is 4.76. The van der Waals surface area contributed by atoms with Gasteiger partial charge in [0.1, 0.15) is 5.82 Å². The van der Waals surface area contributed by atoms with E-state index < -0.39 is 0 Å². The van der Waals surface area contributed by atoms with Gasteiger partial charge in [-0.05, 0) is 26.1 Å². The van der Waals surface area contributed by atoms with Crippen molar-refractivity contribution in [2.24, 2.45) is 0 Å². The highest BCUT2D eigenvalue weighted by Gasteiger charge is 2.20. The Hall–Kier alpha value is -2.47. The highest BCUT2D eigenvalue weighted by Crippen LogP contribution is 2.29. The number of hydrogen-bond donors (Lipinski definition) is 0. The van der Waals surface area contributed by atoms with Gasteiger partial charge in [-0.3, -0.25) is 4.98 Å². The molecule has 3 heterocycles. The van der Waals surface area contributed by atoms with E-state index >= 15 is 0 Å². The van der Waals surface area contributed by atoms with Crippen molar-refractivity contribution in [1.82, 2.24) is 14.9 Å². The molecule has 0 atom stereocenters. The SMILES string of the molecule is COC(=O)c1cnc(N2CCN(C)CC2)cc1-c1cccnc1C. The number of nitrogens with zero attached hydrogens (tertiary/aromatic N) is 4. The fourth-order valence-electron chi connectivity index (χ4n) is 2.92. The molecule has 3 rings (SSSR count). The van der Waals surface area contributed by atoms with E-state index in [1.165, 1.54) is 7.11 Å². The summed E-state index contributed by atoms with van der Waals surface area (Å²) in [7, 11) is 3.51. The molecule has 0 spiro atoms. The molecule has 0 saturated carbocycles. The van der Waals surface area contributed by atoms with E-state index in [0.29, 0.717) is 5.56 Å². The Balaban J connectivity index is 2.04. The van der Waals surface area contributed by atoms with Crippen LogP contribution in [-0.2, 0) is 4.74 Å². The van der Waals surface area contributed by atoms with Gasteiger partial charge < -0.3 is 14.5 Å². The minimum atomic E-state index is -0.384. The van der Waals surface area contributed by atoms with E-state index in [4.69, 9.17) is 4.74 Å². The third-order valence-corrected chi connectivity index (χ3v) is 4.42. The van der Waals surface area contributed by atoms with Gasteiger partial charge >= 0.3 is 5.97 Å². The molecule has 1 saturated heterocycles. The van der Waals surface area contributed by atoms with Gasteiger partial charge in [0, 0.05) is 55.4 Å². The number of likely N-dealkylation sites (N-methyl/N-ethyl adjacent to an activating group) is 1. The van der Waals surface area contributed by atoms with E-state index in [9.17, 15) is 4.79 Å². The highest BCUT2D eigenvalue weighted by atomic mass is 16.5. The van der Waals surface area contributed by atoms with Gasteiger partial charge in [0.25, 0.3) is 0 Å². The molecule has 0 aliphatic carbocycles. The van der Waals surface area contributed by atoms with Crippen LogP contribution in [0.3, 0.4) is 0 Å². The van der Waals surface area contributed by atoms with E-state index in [2.05, 4.69) is 26.8 Å². The predicted octanol–water partition coefficient (Wildman–Crippen LogP) is 1.99. The number of hydrogen-bond acceptors (Lipinski definition) is 6. The van der Waals surface area contributed by atoms with Gasteiger partial charge in [0.2, 0.25) is 0 Å². The Morgan fingerprint density at radius 3 is 2.58 bits per heavy atom. The van der Waals surface area contributed by atoms with Crippen molar-refractivity contribution in [3.8, 4) is 11.1 Å². The number of carbonyl (C=O) groups excluding carboxylic acids is 1. The Labute approximate surface area is 142 Å². The van der Waals surface area contributed by atoms with E-state index in [1.54, 1.807) is 12.4 Å². The van der Waals surface area contributed by atoms with Gasteiger partial charge in [-0.25, -0.2) is 9.78 Å². The van der Waals surface area contributed by atoms with Crippen molar-refractivity contribution >= 4 is 11.8 Å². The second-order valence-electron chi connectivity index (χ2n) is 6.01. The highest BCUT2D eigenvalue weighted by molar-refractivity contribution is 5.97. The molecule has 0 N–H and O–H groups in total. The van der Waals surface area contributed by atoms with Gasteiger partial charge in [-0.15, -0.1) is 0 Å². The molecule has 0 bridgehead atoms. The molecule has 0 radical (unpaired) electrons. The Morgan fingerprint density at radius 2 is 1.92 bits per heavy atom. The molecule has 6 nitrogen and oxygen atoms in total. The zero-order valence-electron chi connectivity index (χ0n) is 14.3. The standard InChI is InChI=1S/C18H22N4O2/c1-13-14(5-4-6-19-13)15-11-17(20-12-16(15)18(23)24-3)22-9-7-21(2)8-10-22/h4-6,11-12H,7-10H2,1-3H3. The van der Waals surface area contributed by atoms with E-state index in [-0.39, 0.29) is 5.97 Å². The average Bonchev–Trinajstić information content (AvgIpc) is 2.62. The van der Waals surface area contributed by atoms with Gasteiger partial charge in [-0.1, -0.05) is 6.07 Å². The molecular formula is C18H22N4O2. The smallest absolute Gasteiger partial charge is 0.340 e. The number of methoxy groups -OCH3 is 1. The fourth-order valence-corrected chi connectivity index (χ4v) is 2.92. The Morgan fingerprint density at radius 1 is 1.17 bits per heavy atom. The number of carbonyl (C=O) groups is 1. The molecule has 2 aromatic heterocycles. The largest absolute Gasteiger partial charge is 0.465 e. The second-order valence-corrected chi connectivity index (χ2v) is 6.01. The van der Waals surface area contributed by atoms with Crippen molar-refractivity contribution in [2.75, 3.05) is 45.2 Å². The number of esters is 1. The van der Waals surface area contributed by atoms with Crippen LogP contribution in [0.5, 0.6) is 0 Å². The number of piperazine rings is 1. The first-order valence-corrected chi connectivity index (χ1v) is 8.04. The van der Waals surface area contributed by atoms with Crippen molar-refractivity contribution in [2.45, 2.75) is 6.92 Å². The number of aryl methyl sites for hydroxylation is 1. The molecule has 1 fully saturated rings. The van der Waals surface area contributed by atoms with Crippen molar-refractivity contribution in [3.63, 3.8) is 0 Å². The lowest BCUT2D eigenvalue weighted by atomic mass is 10.00. The summed E-state index contributed by atoms with van der Waals surface area (Å²) in [5.74, 6) is 0.500. The Bertz CT molecular complexity index is 740. The molecule has 24 heavy (non-hydrogen) atoms. The maximum absolute atomic E-state index is 12.1. The number of rotatable bonds is 3. The normalized spacial score (nSPS) is 15.4. The summed E-state index contributed by atoms with van der Waals surface area (Å²) < 4.78 is 4.92. The molecule has 6 heteroatoms. The summed E-state index contributed by atoms with van der Waals surface area (Å²) >= 11 is 0. The van der Waals surface area contributed by atoms with Crippen molar-refractivity contribution in [1.29, 1.82) is 0 Å². The summed E-state index contributed by atoms with van der Waals surface area (Å²) in [6, 6.07) is 5.82. The molecule has 126 valence electrons. The molecule has 0 aromatic carbocycles. The lowest BCUT2D eigenvalue weighted by Crippen LogP contribution is -2.44. The summed E-state index contributed by atoms with van der Waals surface area (Å²) in [6.45, 7) is 5.79. The van der Waals surface area contributed by atoms with Crippen LogP contribution in [0.25, 0.3) is 11.1 Å². The van der Waals surface area contributed by atoms with Gasteiger partial charge in [-0.2, -0.15) is 0 Å². The lowest BCUT2D eigenvalue weighted by Gasteiger charge is -2.33. The van der Waals surface area contributed by atoms with Crippen LogP contribution in [-0.4, -0.2) is 61.2 Å². The van der Waals surface area contributed by atoms with E-state index in [1.807, 2.05) is 25.1 Å². The second kappa shape index (κ2) is 6.97.